The summed E-state index contributed by atoms with van der Waals surface area (Å²) in [6.07, 6.45) is 0. The first-order chi connectivity index (χ1) is 9.88. The van der Waals surface area contributed by atoms with Gasteiger partial charge >= 0.3 is 0 Å². The van der Waals surface area contributed by atoms with Gasteiger partial charge in [-0.25, -0.2) is 4.98 Å². The zero-order valence-corrected chi connectivity index (χ0v) is 11.3. The molecule has 0 saturated heterocycles. The highest BCUT2D eigenvalue weighted by atomic mass is 15.2. The summed E-state index contributed by atoms with van der Waals surface area (Å²) in [5, 5.41) is 3.40. The molecule has 0 bridgehead atoms. The van der Waals surface area contributed by atoms with Gasteiger partial charge in [0, 0.05) is 19.6 Å². The van der Waals surface area contributed by atoms with Crippen LogP contribution in [0.2, 0.25) is 0 Å². The normalized spacial score (nSPS) is 10.8. The molecule has 3 N–H and O–H groups in total. The average Bonchev–Trinajstić information content (AvgIpc) is 2.85. The standard InChI is InChI=1S/C16H18N4/c17-10-11-20-15-9-5-4-8-14(15)19-16(20)18-12-13-6-2-1-3-7-13/h1-9H,10-12,17H2,(H,18,19). The summed E-state index contributed by atoms with van der Waals surface area (Å²) in [5.74, 6) is 0.875. The molecule has 3 rings (SSSR count). The number of imidazole rings is 1. The molecular weight excluding hydrogens is 248 g/mol. The van der Waals surface area contributed by atoms with E-state index in [0.29, 0.717) is 6.54 Å². The third-order valence-corrected chi connectivity index (χ3v) is 3.30. The van der Waals surface area contributed by atoms with Gasteiger partial charge in [0.1, 0.15) is 0 Å². The molecule has 0 atom stereocenters. The van der Waals surface area contributed by atoms with Crippen molar-refractivity contribution in [2.75, 3.05) is 11.9 Å². The molecule has 0 aliphatic heterocycles. The maximum Gasteiger partial charge on any atom is 0.204 e. The number of hydrogen-bond donors (Lipinski definition) is 2. The number of nitrogens with two attached hydrogens (primary N) is 1. The Morgan fingerprint density at radius 2 is 1.75 bits per heavy atom. The van der Waals surface area contributed by atoms with Crippen molar-refractivity contribution < 1.29 is 0 Å². The summed E-state index contributed by atoms with van der Waals surface area (Å²) in [7, 11) is 0. The second kappa shape index (κ2) is 5.75. The summed E-state index contributed by atoms with van der Waals surface area (Å²) >= 11 is 0. The van der Waals surface area contributed by atoms with Gasteiger partial charge in [0.05, 0.1) is 11.0 Å². The Morgan fingerprint density at radius 3 is 2.55 bits per heavy atom. The van der Waals surface area contributed by atoms with Crippen molar-refractivity contribution in [3.8, 4) is 0 Å². The van der Waals surface area contributed by atoms with Crippen molar-refractivity contribution in [2.45, 2.75) is 13.1 Å². The predicted octanol–water partition coefficient (Wildman–Crippen LogP) is 2.61. The number of benzene rings is 2. The molecule has 1 heterocycles. The fourth-order valence-corrected chi connectivity index (χ4v) is 2.34. The van der Waals surface area contributed by atoms with Gasteiger partial charge in [-0.2, -0.15) is 0 Å². The summed E-state index contributed by atoms with van der Waals surface area (Å²) in [5.41, 5.74) is 9.06. The van der Waals surface area contributed by atoms with E-state index in [0.717, 1.165) is 30.1 Å². The Kier molecular flexibility index (Phi) is 3.65. The van der Waals surface area contributed by atoms with Crippen LogP contribution in [0.5, 0.6) is 0 Å². The molecule has 0 aliphatic rings. The summed E-state index contributed by atoms with van der Waals surface area (Å²) in [6.45, 7) is 2.12. The van der Waals surface area contributed by atoms with E-state index in [1.165, 1.54) is 5.56 Å². The van der Waals surface area contributed by atoms with Crippen molar-refractivity contribution in [1.82, 2.24) is 9.55 Å². The van der Waals surface area contributed by atoms with E-state index in [1.807, 2.05) is 36.4 Å². The highest BCUT2D eigenvalue weighted by Crippen LogP contribution is 2.19. The minimum absolute atomic E-state index is 0.598. The van der Waals surface area contributed by atoms with Crippen LogP contribution in [0.3, 0.4) is 0 Å². The van der Waals surface area contributed by atoms with E-state index >= 15 is 0 Å². The van der Waals surface area contributed by atoms with Crippen molar-refractivity contribution >= 4 is 17.0 Å². The first-order valence-electron chi connectivity index (χ1n) is 6.81. The second-order valence-electron chi connectivity index (χ2n) is 4.70. The average molecular weight is 266 g/mol. The maximum absolute atomic E-state index is 5.71. The molecular formula is C16H18N4. The zero-order valence-electron chi connectivity index (χ0n) is 11.3. The van der Waals surface area contributed by atoms with Crippen LogP contribution in [0, 0.1) is 0 Å². The Morgan fingerprint density at radius 1 is 1.00 bits per heavy atom. The third-order valence-electron chi connectivity index (χ3n) is 3.30. The van der Waals surface area contributed by atoms with Gasteiger partial charge in [0.2, 0.25) is 5.95 Å². The highest BCUT2D eigenvalue weighted by Gasteiger charge is 2.09. The van der Waals surface area contributed by atoms with Crippen LogP contribution in [0.4, 0.5) is 5.95 Å². The lowest BCUT2D eigenvalue weighted by Crippen LogP contribution is -2.13. The van der Waals surface area contributed by atoms with Crippen LogP contribution < -0.4 is 11.1 Å². The van der Waals surface area contributed by atoms with Crippen molar-refractivity contribution in [3.63, 3.8) is 0 Å². The number of nitrogens with one attached hydrogen (secondary N) is 1. The second-order valence-corrected chi connectivity index (χ2v) is 4.70. The lowest BCUT2D eigenvalue weighted by Gasteiger charge is -2.09. The van der Waals surface area contributed by atoms with Gasteiger partial charge < -0.3 is 15.6 Å². The summed E-state index contributed by atoms with van der Waals surface area (Å²) in [6, 6.07) is 18.4. The smallest absolute Gasteiger partial charge is 0.204 e. The molecule has 3 aromatic rings. The Balaban J connectivity index is 1.88. The molecule has 0 aliphatic carbocycles. The van der Waals surface area contributed by atoms with Crippen LogP contribution in [-0.4, -0.2) is 16.1 Å². The lowest BCUT2D eigenvalue weighted by atomic mass is 10.2. The zero-order chi connectivity index (χ0) is 13.8. The summed E-state index contributed by atoms with van der Waals surface area (Å²) < 4.78 is 2.14. The number of anilines is 1. The van der Waals surface area contributed by atoms with Gasteiger partial charge in [0.25, 0.3) is 0 Å². The van der Waals surface area contributed by atoms with Gasteiger partial charge in [-0.15, -0.1) is 0 Å². The molecule has 4 heteroatoms. The van der Waals surface area contributed by atoms with Gasteiger partial charge in [0.15, 0.2) is 0 Å². The summed E-state index contributed by atoms with van der Waals surface area (Å²) in [4.78, 5) is 4.64. The molecule has 1 aromatic heterocycles. The van der Waals surface area contributed by atoms with Crippen LogP contribution >= 0.6 is 0 Å². The van der Waals surface area contributed by atoms with E-state index in [4.69, 9.17) is 5.73 Å². The van der Waals surface area contributed by atoms with Gasteiger partial charge in [-0.3, -0.25) is 0 Å². The van der Waals surface area contributed by atoms with E-state index < -0.39 is 0 Å². The maximum atomic E-state index is 5.71. The largest absolute Gasteiger partial charge is 0.352 e. The number of hydrogen-bond acceptors (Lipinski definition) is 3. The molecule has 4 nitrogen and oxygen atoms in total. The van der Waals surface area contributed by atoms with E-state index in [9.17, 15) is 0 Å². The minimum atomic E-state index is 0.598. The molecule has 0 radical (unpaired) electrons. The van der Waals surface area contributed by atoms with Crippen LogP contribution in [0.15, 0.2) is 54.6 Å². The predicted molar refractivity (Wildman–Crippen MR) is 82.6 cm³/mol. The van der Waals surface area contributed by atoms with Crippen molar-refractivity contribution in [2.24, 2.45) is 5.73 Å². The molecule has 0 unspecified atom stereocenters. The Hall–Kier alpha value is -2.33. The monoisotopic (exact) mass is 266 g/mol. The molecule has 0 amide bonds. The van der Waals surface area contributed by atoms with E-state index in [2.05, 4.69) is 33.1 Å². The van der Waals surface area contributed by atoms with Gasteiger partial charge in [-0.05, 0) is 17.7 Å². The first kappa shape index (κ1) is 12.7. The number of aromatic nitrogens is 2. The molecule has 2 aromatic carbocycles. The van der Waals surface area contributed by atoms with Crippen molar-refractivity contribution in [3.05, 3.63) is 60.2 Å². The fraction of sp³-hybridized carbons (Fsp3) is 0.188. The SMILES string of the molecule is NCCn1c(NCc2ccccc2)nc2ccccc21. The van der Waals surface area contributed by atoms with Crippen LogP contribution in [-0.2, 0) is 13.1 Å². The molecule has 0 saturated carbocycles. The van der Waals surface area contributed by atoms with Crippen LogP contribution in [0.25, 0.3) is 11.0 Å². The van der Waals surface area contributed by atoms with E-state index in [-0.39, 0.29) is 0 Å². The van der Waals surface area contributed by atoms with E-state index in [1.54, 1.807) is 0 Å². The van der Waals surface area contributed by atoms with Gasteiger partial charge in [-0.1, -0.05) is 42.5 Å². The quantitative estimate of drug-likeness (QED) is 0.746. The third kappa shape index (κ3) is 2.51. The first-order valence-corrected chi connectivity index (χ1v) is 6.81. The highest BCUT2D eigenvalue weighted by molar-refractivity contribution is 5.78. The Labute approximate surface area is 118 Å². The number of nitrogens with zero attached hydrogens (tertiary/aromatic N) is 2. The topological polar surface area (TPSA) is 55.9 Å². The number of para-hydroxylation sites is 2. The molecule has 20 heavy (non-hydrogen) atoms. The molecule has 102 valence electrons. The minimum Gasteiger partial charge on any atom is -0.352 e. The lowest BCUT2D eigenvalue weighted by molar-refractivity contribution is 0.730. The van der Waals surface area contributed by atoms with Crippen molar-refractivity contribution in [1.29, 1.82) is 0 Å². The fourth-order valence-electron chi connectivity index (χ4n) is 2.34. The Bertz CT molecular complexity index is 688. The number of fused-ring (bicyclic) bond motifs is 1. The number of rotatable bonds is 5. The molecule has 0 spiro atoms. The molecule has 0 fully saturated rings. The van der Waals surface area contributed by atoms with Crippen LogP contribution in [0.1, 0.15) is 5.56 Å².